The van der Waals surface area contributed by atoms with Crippen LogP contribution in [0.3, 0.4) is 0 Å². The minimum atomic E-state index is -0.982. The van der Waals surface area contributed by atoms with Gasteiger partial charge in [0.15, 0.2) is 0 Å². The lowest BCUT2D eigenvalue weighted by Gasteiger charge is -2.21. The van der Waals surface area contributed by atoms with Crippen LogP contribution in [0.4, 0.5) is 0 Å². The number of hydrogen-bond acceptors (Lipinski definition) is 2. The molecule has 0 fully saturated rings. The fourth-order valence-corrected chi connectivity index (χ4v) is 3.28. The SMILES string of the molecule is CCC(C)C(NC(=O)c1cc(Br)cc2c1CCC2)C(=O)O. The van der Waals surface area contributed by atoms with E-state index in [1.165, 1.54) is 5.56 Å². The summed E-state index contributed by atoms with van der Waals surface area (Å²) in [4.78, 5) is 23.8. The Morgan fingerprint density at radius 1 is 1.38 bits per heavy atom. The maximum atomic E-state index is 12.5. The van der Waals surface area contributed by atoms with E-state index in [-0.39, 0.29) is 11.8 Å². The third-order valence-corrected chi connectivity index (χ3v) is 4.65. The molecule has 0 aliphatic heterocycles. The van der Waals surface area contributed by atoms with Crippen LogP contribution >= 0.6 is 15.9 Å². The van der Waals surface area contributed by atoms with Crippen LogP contribution in [0.5, 0.6) is 0 Å². The Morgan fingerprint density at radius 2 is 2.10 bits per heavy atom. The van der Waals surface area contributed by atoms with Gasteiger partial charge in [-0.2, -0.15) is 0 Å². The molecule has 2 unspecified atom stereocenters. The van der Waals surface area contributed by atoms with E-state index in [0.29, 0.717) is 12.0 Å². The molecule has 1 aromatic carbocycles. The highest BCUT2D eigenvalue weighted by molar-refractivity contribution is 9.10. The molecule has 2 N–H and O–H groups in total. The quantitative estimate of drug-likeness (QED) is 0.854. The summed E-state index contributed by atoms with van der Waals surface area (Å²) in [7, 11) is 0. The molecule has 0 aromatic heterocycles. The molecule has 0 saturated carbocycles. The van der Waals surface area contributed by atoms with Gasteiger partial charge in [-0.1, -0.05) is 36.2 Å². The van der Waals surface area contributed by atoms with Gasteiger partial charge in [-0.3, -0.25) is 4.79 Å². The molecule has 0 saturated heterocycles. The summed E-state index contributed by atoms with van der Waals surface area (Å²) in [5, 5.41) is 12.0. The van der Waals surface area contributed by atoms with E-state index in [1.807, 2.05) is 19.9 Å². The molecule has 21 heavy (non-hydrogen) atoms. The first kappa shape index (κ1) is 16.0. The zero-order valence-electron chi connectivity index (χ0n) is 12.3. The number of hydrogen-bond donors (Lipinski definition) is 2. The fraction of sp³-hybridized carbons (Fsp3) is 0.500. The molecule has 1 aliphatic carbocycles. The summed E-state index contributed by atoms with van der Waals surface area (Å²) in [6.45, 7) is 3.76. The van der Waals surface area contributed by atoms with Gasteiger partial charge in [0.1, 0.15) is 6.04 Å². The van der Waals surface area contributed by atoms with Gasteiger partial charge in [0.25, 0.3) is 5.91 Å². The van der Waals surface area contributed by atoms with Gasteiger partial charge >= 0.3 is 5.97 Å². The van der Waals surface area contributed by atoms with E-state index in [9.17, 15) is 14.7 Å². The summed E-state index contributed by atoms with van der Waals surface area (Å²) >= 11 is 3.43. The van der Waals surface area contributed by atoms with E-state index < -0.39 is 12.0 Å². The van der Waals surface area contributed by atoms with Crippen molar-refractivity contribution in [3.63, 3.8) is 0 Å². The van der Waals surface area contributed by atoms with Crippen LogP contribution in [0.15, 0.2) is 16.6 Å². The normalized spacial score (nSPS) is 16.1. The van der Waals surface area contributed by atoms with E-state index >= 15 is 0 Å². The van der Waals surface area contributed by atoms with Crippen molar-refractivity contribution >= 4 is 27.8 Å². The van der Waals surface area contributed by atoms with E-state index in [1.54, 1.807) is 6.07 Å². The Morgan fingerprint density at radius 3 is 2.71 bits per heavy atom. The Bertz CT molecular complexity index is 571. The molecular weight excluding hydrogens is 334 g/mol. The first-order valence-corrected chi connectivity index (χ1v) is 8.08. The van der Waals surface area contributed by atoms with E-state index in [0.717, 1.165) is 29.3 Å². The highest BCUT2D eigenvalue weighted by Gasteiger charge is 2.28. The van der Waals surface area contributed by atoms with Crippen molar-refractivity contribution in [3.8, 4) is 0 Å². The Balaban J connectivity index is 2.26. The van der Waals surface area contributed by atoms with E-state index in [2.05, 4.69) is 21.2 Å². The Hall–Kier alpha value is -1.36. The highest BCUT2D eigenvalue weighted by Crippen LogP contribution is 2.29. The molecule has 1 aliphatic rings. The molecular formula is C16H20BrNO3. The molecule has 0 radical (unpaired) electrons. The monoisotopic (exact) mass is 353 g/mol. The molecule has 0 bridgehead atoms. The van der Waals surface area contributed by atoms with Crippen LogP contribution in [0.1, 0.15) is 48.2 Å². The largest absolute Gasteiger partial charge is 0.480 e. The molecule has 2 rings (SSSR count). The van der Waals surface area contributed by atoms with Crippen molar-refractivity contribution in [2.75, 3.05) is 0 Å². The van der Waals surface area contributed by atoms with Gasteiger partial charge in [0, 0.05) is 10.0 Å². The zero-order chi connectivity index (χ0) is 15.6. The minimum absolute atomic E-state index is 0.105. The number of carbonyl (C=O) groups excluding carboxylic acids is 1. The number of carboxylic acid groups (broad SMARTS) is 1. The van der Waals surface area contributed by atoms with Gasteiger partial charge in [-0.25, -0.2) is 4.79 Å². The van der Waals surface area contributed by atoms with Gasteiger partial charge in [-0.15, -0.1) is 0 Å². The summed E-state index contributed by atoms with van der Waals surface area (Å²) in [6.07, 6.45) is 3.60. The number of benzene rings is 1. The van der Waals surface area contributed by atoms with Crippen molar-refractivity contribution in [2.45, 2.75) is 45.6 Å². The molecule has 5 heteroatoms. The zero-order valence-corrected chi connectivity index (χ0v) is 13.9. The third kappa shape index (κ3) is 3.46. The number of aryl methyl sites for hydroxylation is 1. The fourth-order valence-electron chi connectivity index (χ4n) is 2.77. The van der Waals surface area contributed by atoms with Crippen molar-refractivity contribution in [1.82, 2.24) is 5.32 Å². The standard InChI is InChI=1S/C16H20BrNO3/c1-3-9(2)14(16(20)21)18-15(19)13-8-11(17)7-10-5-4-6-12(10)13/h7-9,14H,3-6H2,1-2H3,(H,18,19)(H,20,21). The second-order valence-corrected chi connectivity index (χ2v) is 6.54. The number of fused-ring (bicyclic) bond motifs is 1. The van der Waals surface area contributed by atoms with Gasteiger partial charge in [-0.05, 0) is 48.4 Å². The van der Waals surface area contributed by atoms with Gasteiger partial charge in [0.05, 0.1) is 0 Å². The summed E-state index contributed by atoms with van der Waals surface area (Å²) in [5.41, 5.74) is 2.85. The van der Waals surface area contributed by atoms with Crippen molar-refractivity contribution < 1.29 is 14.7 Å². The van der Waals surface area contributed by atoms with Crippen LogP contribution in [0.2, 0.25) is 0 Å². The number of amides is 1. The summed E-state index contributed by atoms with van der Waals surface area (Å²) in [5.74, 6) is -1.38. The number of carbonyl (C=O) groups is 2. The lowest BCUT2D eigenvalue weighted by molar-refractivity contribution is -0.140. The Kier molecular flexibility index (Phi) is 5.04. The average molecular weight is 354 g/mol. The minimum Gasteiger partial charge on any atom is -0.480 e. The Labute approximate surface area is 133 Å². The van der Waals surface area contributed by atoms with Crippen molar-refractivity contribution in [3.05, 3.63) is 33.3 Å². The maximum absolute atomic E-state index is 12.5. The van der Waals surface area contributed by atoms with Gasteiger partial charge in [0.2, 0.25) is 0 Å². The number of aliphatic carboxylic acids is 1. The molecule has 1 amide bonds. The molecule has 0 spiro atoms. The number of halogens is 1. The number of rotatable bonds is 5. The van der Waals surface area contributed by atoms with Crippen LogP contribution in [0, 0.1) is 5.92 Å². The second-order valence-electron chi connectivity index (χ2n) is 5.62. The van der Waals surface area contributed by atoms with Gasteiger partial charge < -0.3 is 10.4 Å². The third-order valence-electron chi connectivity index (χ3n) is 4.19. The molecule has 0 heterocycles. The number of nitrogens with one attached hydrogen (secondary N) is 1. The van der Waals surface area contributed by atoms with Crippen LogP contribution in [-0.2, 0) is 17.6 Å². The first-order valence-electron chi connectivity index (χ1n) is 7.29. The van der Waals surface area contributed by atoms with E-state index in [4.69, 9.17) is 0 Å². The predicted molar refractivity (Wildman–Crippen MR) is 84.5 cm³/mol. The highest BCUT2D eigenvalue weighted by atomic mass is 79.9. The second kappa shape index (κ2) is 6.60. The van der Waals surface area contributed by atoms with Crippen molar-refractivity contribution in [2.24, 2.45) is 5.92 Å². The lowest BCUT2D eigenvalue weighted by Crippen LogP contribution is -2.45. The smallest absolute Gasteiger partial charge is 0.326 e. The van der Waals surface area contributed by atoms with Crippen LogP contribution in [-0.4, -0.2) is 23.0 Å². The molecule has 2 atom stereocenters. The lowest BCUT2D eigenvalue weighted by atomic mass is 9.97. The molecule has 114 valence electrons. The summed E-state index contributed by atoms with van der Waals surface area (Å²) < 4.78 is 0.865. The average Bonchev–Trinajstić information content (AvgIpc) is 2.90. The maximum Gasteiger partial charge on any atom is 0.326 e. The number of carboxylic acids is 1. The topological polar surface area (TPSA) is 66.4 Å². The molecule has 4 nitrogen and oxygen atoms in total. The molecule has 1 aromatic rings. The van der Waals surface area contributed by atoms with Crippen LogP contribution < -0.4 is 5.32 Å². The predicted octanol–water partition coefficient (Wildman–Crippen LogP) is 3.17. The first-order chi connectivity index (χ1) is 9.93. The summed E-state index contributed by atoms with van der Waals surface area (Å²) in [6, 6.07) is 2.98. The van der Waals surface area contributed by atoms with Crippen LogP contribution in [0.25, 0.3) is 0 Å². The van der Waals surface area contributed by atoms with Crippen molar-refractivity contribution in [1.29, 1.82) is 0 Å².